The van der Waals surface area contributed by atoms with Crippen LogP contribution in [0, 0.1) is 0 Å². The van der Waals surface area contributed by atoms with Crippen LogP contribution in [0.5, 0.6) is 0 Å². The minimum Gasteiger partial charge on any atom is -0.394 e. The van der Waals surface area contributed by atoms with E-state index in [4.69, 9.17) is 20.0 Å². The Balaban J connectivity index is 2.82. The number of rotatable bonds is 3. The van der Waals surface area contributed by atoms with Crippen LogP contribution in [0.2, 0.25) is 0 Å². The molecule has 0 amide bonds. The highest BCUT2D eigenvalue weighted by Gasteiger charge is 2.57. The van der Waals surface area contributed by atoms with E-state index in [2.05, 4.69) is 9.26 Å². The third-order valence-electron chi connectivity index (χ3n) is 1.83. The van der Waals surface area contributed by atoms with Gasteiger partial charge >= 0.3 is 13.8 Å². The van der Waals surface area contributed by atoms with Crippen molar-refractivity contribution in [2.24, 2.45) is 0 Å². The number of ether oxygens (including phenoxy) is 1. The molecular formula is C5H11O9P. The summed E-state index contributed by atoms with van der Waals surface area (Å²) in [5.74, 6) is -3.04. The second kappa shape index (κ2) is 4.06. The average molecular weight is 246 g/mol. The van der Waals surface area contributed by atoms with Crippen molar-refractivity contribution in [2.75, 3.05) is 6.61 Å². The molecule has 1 rings (SSSR count). The number of phosphoric ester groups is 1. The largest absolute Gasteiger partial charge is 0.474 e. The second-order valence-corrected chi connectivity index (χ2v) is 4.15. The van der Waals surface area contributed by atoms with Crippen molar-refractivity contribution in [2.45, 2.75) is 24.3 Å². The van der Waals surface area contributed by atoms with E-state index < -0.39 is 38.7 Å². The zero-order valence-corrected chi connectivity index (χ0v) is 8.19. The Morgan fingerprint density at radius 2 is 1.93 bits per heavy atom. The fraction of sp³-hybridized carbons (Fsp3) is 1.00. The van der Waals surface area contributed by atoms with Gasteiger partial charge in [-0.1, -0.05) is 0 Å². The molecule has 0 aromatic rings. The first-order valence-electron chi connectivity index (χ1n) is 3.83. The Kier molecular flexibility index (Phi) is 3.51. The van der Waals surface area contributed by atoms with Gasteiger partial charge in [0.2, 0.25) is 0 Å². The molecule has 15 heavy (non-hydrogen) atoms. The summed E-state index contributed by atoms with van der Waals surface area (Å²) in [7, 11) is -5.11. The smallest absolute Gasteiger partial charge is 0.394 e. The van der Waals surface area contributed by atoms with Crippen molar-refractivity contribution in [3.63, 3.8) is 0 Å². The third kappa shape index (κ3) is 2.72. The first-order chi connectivity index (χ1) is 6.69. The normalized spacial score (nSPS) is 42.1. The SMILES string of the molecule is O=P(O)(O)O[C@@]1(O)O[C@H](CO)[C@@H](O)[C@@H]1O. The second-order valence-electron chi connectivity index (χ2n) is 2.99. The molecule has 0 aromatic carbocycles. The fourth-order valence-corrected chi connectivity index (χ4v) is 1.66. The monoisotopic (exact) mass is 246 g/mol. The lowest BCUT2D eigenvalue weighted by atomic mass is 10.1. The van der Waals surface area contributed by atoms with Crippen molar-refractivity contribution in [1.29, 1.82) is 0 Å². The van der Waals surface area contributed by atoms with Crippen LogP contribution in [0.3, 0.4) is 0 Å². The molecule has 1 heterocycles. The molecule has 1 aliphatic rings. The van der Waals surface area contributed by atoms with Gasteiger partial charge < -0.3 is 34.9 Å². The summed E-state index contributed by atoms with van der Waals surface area (Å²) in [6.45, 7) is -0.759. The molecule has 0 unspecified atom stereocenters. The third-order valence-corrected chi connectivity index (χ3v) is 2.33. The van der Waals surface area contributed by atoms with Crippen LogP contribution < -0.4 is 0 Å². The minimum absolute atomic E-state index is 0.759. The van der Waals surface area contributed by atoms with Gasteiger partial charge in [0.1, 0.15) is 12.2 Å². The van der Waals surface area contributed by atoms with Crippen LogP contribution in [0.25, 0.3) is 0 Å². The summed E-state index contributed by atoms with van der Waals surface area (Å²) in [6, 6.07) is 0. The molecule has 1 aliphatic heterocycles. The van der Waals surface area contributed by atoms with Crippen molar-refractivity contribution >= 4 is 7.82 Å². The molecule has 0 radical (unpaired) electrons. The summed E-state index contributed by atoms with van der Waals surface area (Å²) < 4.78 is 18.6. The fourth-order valence-electron chi connectivity index (χ4n) is 1.17. The van der Waals surface area contributed by atoms with Gasteiger partial charge in [-0.2, -0.15) is 0 Å². The zero-order valence-electron chi connectivity index (χ0n) is 7.29. The number of aliphatic hydroxyl groups is 4. The van der Waals surface area contributed by atoms with Gasteiger partial charge in [0.25, 0.3) is 0 Å². The Morgan fingerprint density at radius 1 is 1.40 bits per heavy atom. The lowest BCUT2D eigenvalue weighted by Crippen LogP contribution is -2.44. The van der Waals surface area contributed by atoms with Gasteiger partial charge in [-0.25, -0.2) is 9.09 Å². The van der Waals surface area contributed by atoms with E-state index in [0.717, 1.165) is 0 Å². The lowest BCUT2D eigenvalue weighted by molar-refractivity contribution is -0.343. The molecule has 0 spiro atoms. The Bertz CT molecular complexity index is 276. The van der Waals surface area contributed by atoms with E-state index in [9.17, 15) is 14.8 Å². The summed E-state index contributed by atoms with van der Waals surface area (Å²) in [5, 5.41) is 36.3. The average Bonchev–Trinajstić information content (AvgIpc) is 2.27. The van der Waals surface area contributed by atoms with Crippen LogP contribution in [0.15, 0.2) is 0 Å². The highest BCUT2D eigenvalue weighted by molar-refractivity contribution is 7.46. The van der Waals surface area contributed by atoms with Crippen LogP contribution in [0.1, 0.15) is 0 Å². The van der Waals surface area contributed by atoms with Crippen molar-refractivity contribution in [3.8, 4) is 0 Å². The standard InChI is InChI=1S/C5H11O9P/c6-1-2-3(7)4(8)5(9,13-2)14-15(10,11)12/h2-4,6-9H,1H2,(H2,10,11,12)/t2-,3-,4+,5+/m1/s1. The quantitative estimate of drug-likeness (QED) is 0.223. The lowest BCUT2D eigenvalue weighted by Gasteiger charge is -2.25. The first-order valence-corrected chi connectivity index (χ1v) is 5.36. The van der Waals surface area contributed by atoms with Gasteiger partial charge in [-0.15, -0.1) is 0 Å². The minimum atomic E-state index is -5.11. The molecule has 1 saturated heterocycles. The summed E-state index contributed by atoms with van der Waals surface area (Å²) in [6.07, 6.45) is -5.20. The molecule has 6 N–H and O–H groups in total. The Hall–Kier alpha value is -0.0900. The summed E-state index contributed by atoms with van der Waals surface area (Å²) in [4.78, 5) is 16.8. The van der Waals surface area contributed by atoms with E-state index in [1.807, 2.05) is 0 Å². The van der Waals surface area contributed by atoms with Crippen LogP contribution in [-0.4, -0.2) is 61.1 Å². The predicted molar refractivity (Wildman–Crippen MR) is 42.1 cm³/mol. The van der Waals surface area contributed by atoms with Crippen LogP contribution in [0.4, 0.5) is 0 Å². The predicted octanol–water partition coefficient (Wildman–Crippen LogP) is -3.15. The molecule has 0 bridgehead atoms. The van der Waals surface area contributed by atoms with Crippen molar-refractivity contribution in [3.05, 3.63) is 0 Å². The molecular weight excluding hydrogens is 235 g/mol. The maximum atomic E-state index is 10.4. The van der Waals surface area contributed by atoms with E-state index in [1.165, 1.54) is 0 Å². The van der Waals surface area contributed by atoms with Crippen LogP contribution >= 0.6 is 7.82 Å². The van der Waals surface area contributed by atoms with Gasteiger partial charge in [-0.3, -0.25) is 0 Å². The number of hydrogen-bond donors (Lipinski definition) is 6. The Labute approximate surface area is 83.7 Å². The highest BCUT2D eigenvalue weighted by atomic mass is 31.2. The maximum Gasteiger partial charge on any atom is 0.474 e. The molecule has 4 atom stereocenters. The van der Waals surface area contributed by atoms with Gasteiger partial charge in [0.15, 0.2) is 6.10 Å². The Morgan fingerprint density at radius 3 is 2.27 bits per heavy atom. The summed E-state index contributed by atoms with van der Waals surface area (Å²) in [5.41, 5.74) is 0. The summed E-state index contributed by atoms with van der Waals surface area (Å²) >= 11 is 0. The number of aliphatic hydroxyl groups excluding tert-OH is 3. The topological polar surface area (TPSA) is 157 Å². The molecule has 0 aliphatic carbocycles. The van der Waals surface area contributed by atoms with Gasteiger partial charge in [0, 0.05) is 0 Å². The number of phosphoric acid groups is 1. The van der Waals surface area contributed by atoms with E-state index in [-0.39, 0.29) is 0 Å². The number of hydrogen-bond acceptors (Lipinski definition) is 7. The first kappa shape index (κ1) is 13.0. The van der Waals surface area contributed by atoms with E-state index in [1.54, 1.807) is 0 Å². The van der Waals surface area contributed by atoms with Gasteiger partial charge in [0.05, 0.1) is 6.61 Å². The molecule has 1 fully saturated rings. The van der Waals surface area contributed by atoms with Gasteiger partial charge in [-0.05, 0) is 0 Å². The van der Waals surface area contributed by atoms with Crippen molar-refractivity contribution in [1.82, 2.24) is 0 Å². The maximum absolute atomic E-state index is 10.4. The highest BCUT2D eigenvalue weighted by Crippen LogP contribution is 2.45. The van der Waals surface area contributed by atoms with E-state index in [0.29, 0.717) is 0 Å². The molecule has 9 nitrogen and oxygen atoms in total. The van der Waals surface area contributed by atoms with Crippen LogP contribution in [-0.2, 0) is 13.8 Å². The zero-order chi connectivity index (χ0) is 11.9. The molecule has 90 valence electrons. The molecule has 0 saturated carbocycles. The van der Waals surface area contributed by atoms with E-state index >= 15 is 0 Å². The van der Waals surface area contributed by atoms with Crippen molar-refractivity contribution < 1.29 is 44.0 Å². The molecule has 10 heteroatoms. The molecule has 0 aromatic heterocycles.